The van der Waals surface area contributed by atoms with Gasteiger partial charge < -0.3 is 9.67 Å². The molecule has 5 nitrogen and oxygen atoms in total. The van der Waals surface area contributed by atoms with Crippen molar-refractivity contribution < 1.29 is 14.7 Å². The number of aliphatic hydroxyl groups excluding tert-OH is 1. The fourth-order valence-corrected chi connectivity index (χ4v) is 4.85. The Morgan fingerprint density at radius 2 is 1.27 bits per heavy atom. The van der Waals surface area contributed by atoms with Crippen LogP contribution in [0.4, 0.5) is 0 Å². The number of hydrogen-bond acceptors (Lipinski definition) is 3. The maximum atomic E-state index is 12.6. The quantitative estimate of drug-likeness (QED) is 0.381. The molecular formula is C23H16Br2N2O3. The highest BCUT2D eigenvalue weighted by atomic mass is 79.9. The van der Waals surface area contributed by atoms with E-state index in [0.29, 0.717) is 11.1 Å². The summed E-state index contributed by atoms with van der Waals surface area (Å²) in [5.41, 5.74) is 2.74. The Balaban J connectivity index is 1.49. The maximum Gasteiger partial charge on any atom is 0.261 e. The zero-order valence-corrected chi connectivity index (χ0v) is 18.9. The molecule has 1 atom stereocenters. The predicted octanol–water partition coefficient (Wildman–Crippen LogP) is 4.98. The molecule has 2 amide bonds. The molecule has 1 aliphatic rings. The highest BCUT2D eigenvalue weighted by molar-refractivity contribution is 9.10. The number of fused-ring (bicyclic) bond motifs is 4. The molecule has 0 saturated carbocycles. The molecule has 3 aromatic carbocycles. The van der Waals surface area contributed by atoms with Gasteiger partial charge in [-0.15, -0.1) is 0 Å². The van der Waals surface area contributed by atoms with Crippen molar-refractivity contribution in [3.63, 3.8) is 0 Å². The third-order valence-electron chi connectivity index (χ3n) is 5.45. The number of carbonyl (C=O) groups excluding carboxylic acids is 2. The molecule has 0 saturated heterocycles. The van der Waals surface area contributed by atoms with E-state index >= 15 is 0 Å². The van der Waals surface area contributed by atoms with Crippen LogP contribution in [0.5, 0.6) is 0 Å². The number of amides is 2. The van der Waals surface area contributed by atoms with Gasteiger partial charge in [0.25, 0.3) is 11.8 Å². The van der Waals surface area contributed by atoms with Crippen molar-refractivity contribution in [2.45, 2.75) is 12.6 Å². The monoisotopic (exact) mass is 526 g/mol. The SMILES string of the molecule is O=C1c2ccccc2C(=O)N1CC(O)Cn1c2ccc(Br)cc2c2cc(Br)ccc21. The highest BCUT2D eigenvalue weighted by Gasteiger charge is 2.36. The molecule has 0 bridgehead atoms. The van der Waals surface area contributed by atoms with E-state index in [-0.39, 0.29) is 24.9 Å². The van der Waals surface area contributed by atoms with Crippen LogP contribution in [0.1, 0.15) is 20.7 Å². The van der Waals surface area contributed by atoms with Gasteiger partial charge in [-0.05, 0) is 48.5 Å². The molecule has 1 aliphatic heterocycles. The molecular weight excluding hydrogens is 512 g/mol. The van der Waals surface area contributed by atoms with Crippen molar-refractivity contribution in [3.8, 4) is 0 Å². The third kappa shape index (κ3) is 3.09. The van der Waals surface area contributed by atoms with Crippen LogP contribution in [0.2, 0.25) is 0 Å². The van der Waals surface area contributed by atoms with E-state index in [1.807, 2.05) is 28.8 Å². The number of benzene rings is 3. The van der Waals surface area contributed by atoms with Crippen molar-refractivity contribution in [1.82, 2.24) is 9.47 Å². The average Bonchev–Trinajstić information content (AvgIpc) is 3.15. The minimum absolute atomic E-state index is 0.0550. The van der Waals surface area contributed by atoms with Crippen LogP contribution >= 0.6 is 31.9 Å². The molecule has 30 heavy (non-hydrogen) atoms. The molecule has 0 aliphatic carbocycles. The first-order chi connectivity index (χ1) is 14.4. The lowest BCUT2D eigenvalue weighted by atomic mass is 10.1. The maximum absolute atomic E-state index is 12.6. The summed E-state index contributed by atoms with van der Waals surface area (Å²) in [6.45, 7) is 0.206. The molecule has 0 fully saturated rings. The number of aliphatic hydroxyl groups is 1. The number of aromatic nitrogens is 1. The molecule has 4 aromatic rings. The van der Waals surface area contributed by atoms with Gasteiger partial charge in [-0.25, -0.2) is 0 Å². The van der Waals surface area contributed by atoms with Gasteiger partial charge in [-0.1, -0.05) is 44.0 Å². The number of β-amino-alcohol motifs (C(OH)–C–C–N with tert-alkyl or cyclic N) is 1. The van der Waals surface area contributed by atoms with Crippen LogP contribution < -0.4 is 0 Å². The lowest BCUT2D eigenvalue weighted by Gasteiger charge is -2.20. The van der Waals surface area contributed by atoms with Crippen LogP contribution in [0.25, 0.3) is 21.8 Å². The van der Waals surface area contributed by atoms with Crippen LogP contribution in [-0.2, 0) is 6.54 Å². The minimum atomic E-state index is -0.904. The Bertz CT molecular complexity index is 1250. The van der Waals surface area contributed by atoms with Gasteiger partial charge in [-0.2, -0.15) is 0 Å². The van der Waals surface area contributed by atoms with E-state index in [4.69, 9.17) is 0 Å². The van der Waals surface area contributed by atoms with E-state index in [2.05, 4.69) is 44.0 Å². The first-order valence-corrected chi connectivity index (χ1v) is 11.0. The van der Waals surface area contributed by atoms with Crippen molar-refractivity contribution in [2.24, 2.45) is 0 Å². The fourth-order valence-electron chi connectivity index (χ4n) is 4.13. The van der Waals surface area contributed by atoms with E-state index in [1.165, 1.54) is 0 Å². The fraction of sp³-hybridized carbons (Fsp3) is 0.130. The van der Waals surface area contributed by atoms with Gasteiger partial charge in [0.1, 0.15) is 0 Å². The number of imide groups is 1. The first kappa shape index (κ1) is 19.5. The van der Waals surface area contributed by atoms with Crippen molar-refractivity contribution in [3.05, 3.63) is 80.7 Å². The molecule has 0 spiro atoms. The summed E-state index contributed by atoms with van der Waals surface area (Å²) in [5.74, 6) is -0.713. The lowest BCUT2D eigenvalue weighted by molar-refractivity contribution is 0.0524. The summed E-state index contributed by atoms with van der Waals surface area (Å²) < 4.78 is 3.98. The van der Waals surface area contributed by atoms with E-state index in [9.17, 15) is 14.7 Å². The van der Waals surface area contributed by atoms with Gasteiger partial charge in [-0.3, -0.25) is 14.5 Å². The summed E-state index contributed by atoms with van der Waals surface area (Å²) in [7, 11) is 0. The normalized spacial score (nSPS) is 14.7. The van der Waals surface area contributed by atoms with Crippen LogP contribution in [-0.4, -0.2) is 39.0 Å². The van der Waals surface area contributed by atoms with Gasteiger partial charge in [0.05, 0.1) is 30.3 Å². The molecule has 1 N–H and O–H groups in total. The van der Waals surface area contributed by atoms with Crippen molar-refractivity contribution in [2.75, 3.05) is 6.54 Å². The Morgan fingerprint density at radius 3 is 1.77 bits per heavy atom. The summed E-state index contributed by atoms with van der Waals surface area (Å²) >= 11 is 7.06. The van der Waals surface area contributed by atoms with Crippen LogP contribution in [0, 0.1) is 0 Å². The molecule has 0 radical (unpaired) electrons. The number of rotatable bonds is 4. The van der Waals surface area contributed by atoms with Crippen LogP contribution in [0.15, 0.2) is 69.6 Å². The van der Waals surface area contributed by atoms with Gasteiger partial charge in [0, 0.05) is 30.8 Å². The Kier molecular flexibility index (Phi) is 4.76. The zero-order valence-electron chi connectivity index (χ0n) is 15.7. The molecule has 150 valence electrons. The van der Waals surface area contributed by atoms with E-state index in [1.54, 1.807) is 24.3 Å². The molecule has 7 heteroatoms. The average molecular weight is 528 g/mol. The van der Waals surface area contributed by atoms with Crippen LogP contribution in [0.3, 0.4) is 0 Å². The Morgan fingerprint density at radius 1 is 0.767 bits per heavy atom. The highest BCUT2D eigenvalue weighted by Crippen LogP contribution is 2.33. The van der Waals surface area contributed by atoms with E-state index < -0.39 is 6.10 Å². The lowest BCUT2D eigenvalue weighted by Crippen LogP contribution is -2.38. The first-order valence-electron chi connectivity index (χ1n) is 9.44. The minimum Gasteiger partial charge on any atom is -0.389 e. The topological polar surface area (TPSA) is 62.5 Å². The molecule has 1 unspecified atom stereocenters. The summed E-state index contributed by atoms with van der Waals surface area (Å²) in [6.07, 6.45) is -0.904. The number of hydrogen-bond donors (Lipinski definition) is 1. The summed E-state index contributed by atoms with van der Waals surface area (Å²) in [5, 5.41) is 13.0. The smallest absolute Gasteiger partial charge is 0.261 e. The number of nitrogens with zero attached hydrogens (tertiary/aromatic N) is 2. The predicted molar refractivity (Wildman–Crippen MR) is 123 cm³/mol. The Hall–Kier alpha value is -2.48. The summed E-state index contributed by atoms with van der Waals surface area (Å²) in [6, 6.07) is 18.8. The van der Waals surface area contributed by atoms with Gasteiger partial charge in [0.2, 0.25) is 0 Å². The molecule has 5 rings (SSSR count). The molecule has 1 aromatic heterocycles. The largest absolute Gasteiger partial charge is 0.389 e. The zero-order chi connectivity index (χ0) is 21.0. The second-order valence-corrected chi connectivity index (χ2v) is 9.19. The standard InChI is InChI=1S/C23H16Br2N2O3/c24-13-5-7-20-18(9-13)19-10-14(25)6-8-21(19)26(20)11-15(28)12-27-22(29)16-3-1-2-4-17(16)23(27)30/h1-10,15,28H,11-12H2. The Labute approximate surface area is 189 Å². The summed E-state index contributed by atoms with van der Waals surface area (Å²) in [4.78, 5) is 26.4. The third-order valence-corrected chi connectivity index (χ3v) is 6.44. The number of halogens is 2. The van der Waals surface area contributed by atoms with Gasteiger partial charge >= 0.3 is 0 Å². The van der Waals surface area contributed by atoms with Crippen molar-refractivity contribution in [1.29, 1.82) is 0 Å². The second kappa shape index (κ2) is 7.34. The number of carbonyl (C=O) groups is 2. The van der Waals surface area contributed by atoms with Gasteiger partial charge in [0.15, 0.2) is 0 Å². The van der Waals surface area contributed by atoms with Crippen molar-refractivity contribution >= 4 is 65.5 Å². The van der Waals surface area contributed by atoms with E-state index in [0.717, 1.165) is 35.7 Å². The second-order valence-electron chi connectivity index (χ2n) is 7.35. The molecule has 2 heterocycles.